The largest absolute Gasteiger partial charge is 0.506 e. The highest BCUT2D eigenvalue weighted by atomic mass is 35.5. The molecule has 0 aliphatic heterocycles. The number of nitriles is 1. The Bertz CT molecular complexity index is 741. The highest BCUT2D eigenvalue weighted by Crippen LogP contribution is 2.24. The molecule has 1 aromatic heterocycles. The number of aliphatic imine (C=N–C) groups is 1. The predicted molar refractivity (Wildman–Crippen MR) is 69.1 cm³/mol. The van der Waals surface area contributed by atoms with E-state index < -0.39 is 11.8 Å². The fourth-order valence-electron chi connectivity index (χ4n) is 1.44. The summed E-state index contributed by atoms with van der Waals surface area (Å²) >= 11 is 5.60. The average molecular weight is 294 g/mol. The van der Waals surface area contributed by atoms with Crippen LogP contribution in [-0.4, -0.2) is 15.8 Å². The first kappa shape index (κ1) is 13.9. The third kappa shape index (κ3) is 2.90. The third-order valence-corrected chi connectivity index (χ3v) is 2.64. The summed E-state index contributed by atoms with van der Waals surface area (Å²) in [6, 6.07) is 6.20. The normalized spacial score (nSPS) is 11.2. The van der Waals surface area contributed by atoms with E-state index in [4.69, 9.17) is 16.9 Å². The van der Waals surface area contributed by atoms with Crippen LogP contribution in [0.4, 0.5) is 14.5 Å². The van der Waals surface area contributed by atoms with Gasteiger partial charge in [0.15, 0.2) is 5.71 Å². The SMILES string of the molecule is N#CC(=Nc1ccc(F)c(Cl)c1)c1cc(F)ncc1O. The molecule has 0 amide bonds. The highest BCUT2D eigenvalue weighted by molar-refractivity contribution is 6.31. The number of hydrogen-bond donors (Lipinski definition) is 1. The van der Waals surface area contributed by atoms with Crippen molar-refractivity contribution >= 4 is 23.0 Å². The van der Waals surface area contributed by atoms with Gasteiger partial charge in [-0.2, -0.15) is 9.65 Å². The predicted octanol–water partition coefficient (Wildman–Crippen LogP) is 3.36. The summed E-state index contributed by atoms with van der Waals surface area (Å²) in [5.74, 6) is -1.88. The third-order valence-electron chi connectivity index (χ3n) is 2.35. The minimum absolute atomic E-state index is 0.111. The summed E-state index contributed by atoms with van der Waals surface area (Å²) in [7, 11) is 0. The number of aromatic hydroxyl groups is 1. The van der Waals surface area contributed by atoms with Gasteiger partial charge in [0.25, 0.3) is 0 Å². The molecule has 4 nitrogen and oxygen atoms in total. The van der Waals surface area contributed by atoms with Gasteiger partial charge in [-0.3, -0.25) is 0 Å². The Kier molecular flexibility index (Phi) is 3.91. The van der Waals surface area contributed by atoms with Gasteiger partial charge < -0.3 is 5.11 Å². The standard InChI is InChI=1S/C13H6ClF2N3O/c14-9-3-7(1-2-10(9)15)19-11(5-17)8-4-13(16)18-6-12(8)20/h1-4,6,20H. The van der Waals surface area contributed by atoms with Crippen molar-refractivity contribution in [2.75, 3.05) is 0 Å². The second-order valence-electron chi connectivity index (χ2n) is 3.69. The number of hydrogen-bond acceptors (Lipinski definition) is 4. The van der Waals surface area contributed by atoms with Crippen LogP contribution in [-0.2, 0) is 0 Å². The zero-order chi connectivity index (χ0) is 14.7. The van der Waals surface area contributed by atoms with E-state index in [1.165, 1.54) is 12.1 Å². The smallest absolute Gasteiger partial charge is 0.213 e. The van der Waals surface area contributed by atoms with Crippen LogP contribution in [0.1, 0.15) is 5.56 Å². The molecular weight excluding hydrogens is 288 g/mol. The van der Waals surface area contributed by atoms with Gasteiger partial charge in [0.1, 0.15) is 17.6 Å². The van der Waals surface area contributed by atoms with E-state index in [2.05, 4.69) is 9.98 Å². The lowest BCUT2D eigenvalue weighted by Gasteiger charge is -2.02. The van der Waals surface area contributed by atoms with Crippen LogP contribution in [0.25, 0.3) is 0 Å². The molecule has 0 saturated heterocycles. The van der Waals surface area contributed by atoms with Crippen LogP contribution in [0.2, 0.25) is 5.02 Å². The van der Waals surface area contributed by atoms with Crippen LogP contribution in [0, 0.1) is 23.1 Å². The molecule has 100 valence electrons. The van der Waals surface area contributed by atoms with Crippen LogP contribution < -0.4 is 0 Å². The minimum atomic E-state index is -0.863. The van der Waals surface area contributed by atoms with E-state index in [-0.39, 0.29) is 27.7 Å². The molecule has 0 bridgehead atoms. The molecule has 1 N–H and O–H groups in total. The molecule has 0 spiro atoms. The summed E-state index contributed by atoms with van der Waals surface area (Å²) in [4.78, 5) is 7.14. The fraction of sp³-hybridized carbons (Fsp3) is 0. The number of aromatic nitrogens is 1. The summed E-state index contributed by atoms with van der Waals surface area (Å²) in [6.07, 6.45) is 0.870. The van der Waals surface area contributed by atoms with Gasteiger partial charge in [-0.25, -0.2) is 14.4 Å². The Morgan fingerprint density at radius 2 is 2.10 bits per heavy atom. The number of rotatable bonds is 2. The Morgan fingerprint density at radius 1 is 1.35 bits per heavy atom. The monoisotopic (exact) mass is 293 g/mol. The lowest BCUT2D eigenvalue weighted by Crippen LogP contribution is -1.99. The van der Waals surface area contributed by atoms with E-state index >= 15 is 0 Å². The van der Waals surface area contributed by atoms with Crippen molar-refractivity contribution in [2.45, 2.75) is 0 Å². The molecule has 0 radical (unpaired) electrons. The number of nitrogens with zero attached hydrogens (tertiary/aromatic N) is 3. The second kappa shape index (κ2) is 5.63. The molecule has 2 aromatic rings. The topological polar surface area (TPSA) is 69.3 Å². The molecule has 0 atom stereocenters. The van der Waals surface area contributed by atoms with Gasteiger partial charge in [-0.15, -0.1) is 0 Å². The first-order valence-corrected chi connectivity index (χ1v) is 5.68. The van der Waals surface area contributed by atoms with E-state index in [0.29, 0.717) is 0 Å². The first-order valence-electron chi connectivity index (χ1n) is 5.30. The summed E-state index contributed by atoms with van der Waals surface area (Å²) in [5, 5.41) is 18.4. The van der Waals surface area contributed by atoms with Crippen LogP contribution in [0.3, 0.4) is 0 Å². The zero-order valence-corrected chi connectivity index (χ0v) is 10.6. The van der Waals surface area contributed by atoms with Crippen molar-refractivity contribution < 1.29 is 13.9 Å². The molecule has 20 heavy (non-hydrogen) atoms. The second-order valence-corrected chi connectivity index (χ2v) is 4.10. The van der Waals surface area contributed by atoms with Crippen molar-refractivity contribution in [3.05, 3.63) is 52.8 Å². The maximum absolute atomic E-state index is 13.0. The lowest BCUT2D eigenvalue weighted by atomic mass is 10.1. The molecule has 1 heterocycles. The van der Waals surface area contributed by atoms with Gasteiger partial charge >= 0.3 is 0 Å². The molecule has 0 aliphatic carbocycles. The molecule has 2 rings (SSSR count). The van der Waals surface area contributed by atoms with Crippen molar-refractivity contribution in [3.8, 4) is 11.8 Å². The average Bonchev–Trinajstić information content (AvgIpc) is 2.43. The quantitative estimate of drug-likeness (QED) is 0.682. The molecular formula is C13H6ClF2N3O. The summed E-state index contributed by atoms with van der Waals surface area (Å²) < 4.78 is 26.1. The van der Waals surface area contributed by atoms with Gasteiger partial charge in [-0.1, -0.05) is 11.6 Å². The zero-order valence-electron chi connectivity index (χ0n) is 9.81. The van der Waals surface area contributed by atoms with Crippen molar-refractivity contribution in [1.82, 2.24) is 4.98 Å². The minimum Gasteiger partial charge on any atom is -0.506 e. The van der Waals surface area contributed by atoms with Crippen LogP contribution >= 0.6 is 11.6 Å². The molecule has 7 heteroatoms. The van der Waals surface area contributed by atoms with Gasteiger partial charge in [0.2, 0.25) is 5.95 Å². The molecule has 0 fully saturated rings. The van der Waals surface area contributed by atoms with Crippen molar-refractivity contribution in [3.63, 3.8) is 0 Å². The summed E-state index contributed by atoms with van der Waals surface area (Å²) in [5.41, 5.74) is -0.156. The Morgan fingerprint density at radius 3 is 2.75 bits per heavy atom. The van der Waals surface area contributed by atoms with E-state index in [1.54, 1.807) is 6.07 Å². The maximum Gasteiger partial charge on any atom is 0.213 e. The first-order chi connectivity index (χ1) is 9.51. The molecule has 0 saturated carbocycles. The fourth-order valence-corrected chi connectivity index (χ4v) is 1.62. The van der Waals surface area contributed by atoms with Crippen LogP contribution in [0.15, 0.2) is 35.5 Å². The van der Waals surface area contributed by atoms with E-state index in [0.717, 1.165) is 18.3 Å². The Labute approximate surface area is 117 Å². The Balaban J connectivity index is 2.51. The Hall–Kier alpha value is -2.52. The van der Waals surface area contributed by atoms with Gasteiger partial charge in [0.05, 0.1) is 22.5 Å². The van der Waals surface area contributed by atoms with Gasteiger partial charge in [-0.05, 0) is 18.2 Å². The number of benzene rings is 1. The van der Waals surface area contributed by atoms with Crippen LogP contribution in [0.5, 0.6) is 5.75 Å². The van der Waals surface area contributed by atoms with E-state index in [1.807, 2.05) is 0 Å². The highest BCUT2D eigenvalue weighted by Gasteiger charge is 2.11. The van der Waals surface area contributed by atoms with E-state index in [9.17, 15) is 13.9 Å². The van der Waals surface area contributed by atoms with Crippen molar-refractivity contribution in [2.24, 2.45) is 4.99 Å². The van der Waals surface area contributed by atoms with Crippen molar-refractivity contribution in [1.29, 1.82) is 5.26 Å². The maximum atomic E-state index is 13.0. The molecule has 0 unspecified atom stereocenters. The van der Waals surface area contributed by atoms with Gasteiger partial charge in [0, 0.05) is 6.07 Å². The number of halogens is 3. The summed E-state index contributed by atoms with van der Waals surface area (Å²) in [6.45, 7) is 0. The molecule has 0 aliphatic rings. The molecule has 1 aromatic carbocycles. The number of pyridine rings is 1. The lowest BCUT2D eigenvalue weighted by molar-refractivity contribution is 0.465.